The van der Waals surface area contributed by atoms with E-state index in [2.05, 4.69) is 10.6 Å². The number of hydrogen-bond acceptors (Lipinski definition) is 4. The monoisotopic (exact) mass is 260 g/mol. The summed E-state index contributed by atoms with van der Waals surface area (Å²) in [6.45, 7) is -0.299. The topological polar surface area (TPSA) is 119 Å². The molecule has 1 saturated carbocycles. The molecular weight excluding hydrogens is 240 g/mol. The number of carbonyl (C=O) groups is 2. The number of rotatable bonds is 5. The summed E-state index contributed by atoms with van der Waals surface area (Å²) in [5.74, 6) is -1.17. The molecule has 2 amide bonds. The van der Waals surface area contributed by atoms with E-state index in [0.29, 0.717) is 25.7 Å². The van der Waals surface area contributed by atoms with Gasteiger partial charge in [-0.25, -0.2) is 9.59 Å². The van der Waals surface area contributed by atoms with E-state index in [1.807, 2.05) is 0 Å². The van der Waals surface area contributed by atoms with Gasteiger partial charge in [-0.2, -0.15) is 0 Å². The van der Waals surface area contributed by atoms with Crippen LogP contribution in [-0.2, 0) is 4.79 Å². The van der Waals surface area contributed by atoms with Crippen molar-refractivity contribution in [1.82, 2.24) is 10.6 Å². The highest BCUT2D eigenvalue weighted by molar-refractivity contribution is 5.82. The molecule has 7 heteroatoms. The Balaban J connectivity index is 2.33. The molecule has 0 saturated heterocycles. The second-order valence-corrected chi connectivity index (χ2v) is 4.53. The van der Waals surface area contributed by atoms with E-state index < -0.39 is 18.0 Å². The Bertz CT molecular complexity index is 289. The molecule has 7 nitrogen and oxygen atoms in total. The minimum atomic E-state index is -1.17. The lowest BCUT2D eigenvalue weighted by Crippen LogP contribution is -2.50. The Morgan fingerprint density at radius 3 is 2.33 bits per heavy atom. The van der Waals surface area contributed by atoms with Gasteiger partial charge in [0.15, 0.2) is 0 Å². The van der Waals surface area contributed by atoms with Crippen molar-refractivity contribution in [2.75, 3.05) is 6.61 Å². The Hall–Kier alpha value is -1.34. The minimum Gasteiger partial charge on any atom is -0.480 e. The molecule has 0 aromatic heterocycles. The van der Waals surface area contributed by atoms with Gasteiger partial charge in [-0.05, 0) is 25.7 Å². The van der Waals surface area contributed by atoms with Crippen LogP contribution in [0.4, 0.5) is 4.79 Å². The maximum absolute atomic E-state index is 11.6. The Labute approximate surface area is 105 Å². The standard InChI is InChI=1S/C11H20N2O5/c14-6-5-9(10(16)17)13-11(18)12-7-1-3-8(15)4-2-7/h7-9,14-15H,1-6H2,(H,16,17)(H2,12,13,18). The van der Waals surface area contributed by atoms with Crippen molar-refractivity contribution in [2.45, 2.75) is 50.3 Å². The molecular formula is C11H20N2O5. The van der Waals surface area contributed by atoms with Crippen LogP contribution < -0.4 is 10.6 Å². The average molecular weight is 260 g/mol. The highest BCUT2D eigenvalue weighted by atomic mass is 16.4. The third-order valence-corrected chi connectivity index (χ3v) is 3.05. The zero-order chi connectivity index (χ0) is 13.5. The van der Waals surface area contributed by atoms with Crippen molar-refractivity contribution < 1.29 is 24.9 Å². The van der Waals surface area contributed by atoms with E-state index in [0.717, 1.165) is 0 Å². The minimum absolute atomic E-state index is 0.0217. The molecule has 0 aromatic rings. The van der Waals surface area contributed by atoms with Gasteiger partial charge in [0.25, 0.3) is 0 Å². The van der Waals surface area contributed by atoms with Crippen LogP contribution in [0.15, 0.2) is 0 Å². The lowest BCUT2D eigenvalue weighted by atomic mass is 9.93. The molecule has 0 bridgehead atoms. The van der Waals surface area contributed by atoms with E-state index in [1.165, 1.54) is 0 Å². The lowest BCUT2D eigenvalue weighted by molar-refractivity contribution is -0.139. The van der Waals surface area contributed by atoms with Crippen molar-refractivity contribution in [3.63, 3.8) is 0 Å². The summed E-state index contributed by atoms with van der Waals surface area (Å²) in [6.07, 6.45) is 2.34. The number of carboxylic acid groups (broad SMARTS) is 1. The first kappa shape index (κ1) is 14.7. The Morgan fingerprint density at radius 2 is 1.83 bits per heavy atom. The quantitative estimate of drug-likeness (QED) is 0.453. The van der Waals surface area contributed by atoms with Crippen LogP contribution in [-0.4, -0.2) is 52.1 Å². The van der Waals surface area contributed by atoms with Gasteiger partial charge < -0.3 is 26.0 Å². The molecule has 104 valence electrons. The van der Waals surface area contributed by atoms with Crippen molar-refractivity contribution in [3.05, 3.63) is 0 Å². The summed E-state index contributed by atoms with van der Waals surface area (Å²) in [5, 5.41) is 31.8. The fraction of sp³-hybridized carbons (Fsp3) is 0.818. The predicted octanol–water partition coefficient (Wildman–Crippen LogP) is -0.575. The number of carboxylic acids is 1. The molecule has 1 fully saturated rings. The summed E-state index contributed by atoms with van der Waals surface area (Å²) < 4.78 is 0. The van der Waals surface area contributed by atoms with Gasteiger partial charge in [-0.15, -0.1) is 0 Å². The fourth-order valence-electron chi connectivity index (χ4n) is 1.99. The molecule has 18 heavy (non-hydrogen) atoms. The summed E-state index contributed by atoms with van der Waals surface area (Å²) in [7, 11) is 0. The largest absolute Gasteiger partial charge is 0.480 e. The third kappa shape index (κ3) is 4.89. The van der Waals surface area contributed by atoms with E-state index in [9.17, 15) is 14.7 Å². The number of carbonyl (C=O) groups excluding carboxylic acids is 1. The summed E-state index contributed by atoms with van der Waals surface area (Å²) in [5.41, 5.74) is 0. The predicted molar refractivity (Wildman–Crippen MR) is 63.1 cm³/mol. The van der Waals surface area contributed by atoms with Crippen LogP contribution in [0.5, 0.6) is 0 Å². The summed E-state index contributed by atoms with van der Waals surface area (Å²) >= 11 is 0. The van der Waals surface area contributed by atoms with E-state index in [1.54, 1.807) is 0 Å². The summed E-state index contributed by atoms with van der Waals surface area (Å²) in [6, 6.07) is -1.65. The molecule has 1 aliphatic rings. The Morgan fingerprint density at radius 1 is 1.22 bits per heavy atom. The number of amides is 2. The molecule has 1 atom stereocenters. The van der Waals surface area contributed by atoms with E-state index in [-0.39, 0.29) is 25.2 Å². The molecule has 0 radical (unpaired) electrons. The second kappa shape index (κ2) is 7.17. The van der Waals surface area contributed by atoms with Gasteiger partial charge in [0.05, 0.1) is 6.10 Å². The maximum Gasteiger partial charge on any atom is 0.326 e. The molecule has 0 spiro atoms. The van der Waals surface area contributed by atoms with Crippen molar-refractivity contribution in [2.24, 2.45) is 0 Å². The van der Waals surface area contributed by atoms with E-state index in [4.69, 9.17) is 10.2 Å². The number of aliphatic carboxylic acids is 1. The molecule has 5 N–H and O–H groups in total. The van der Waals surface area contributed by atoms with Gasteiger partial charge in [0.2, 0.25) is 0 Å². The first-order chi connectivity index (χ1) is 8.52. The van der Waals surface area contributed by atoms with Crippen LogP contribution in [0, 0.1) is 0 Å². The van der Waals surface area contributed by atoms with Gasteiger partial charge in [0, 0.05) is 19.1 Å². The zero-order valence-electron chi connectivity index (χ0n) is 10.1. The van der Waals surface area contributed by atoms with Crippen LogP contribution in [0.2, 0.25) is 0 Å². The normalized spacial score (nSPS) is 25.2. The average Bonchev–Trinajstić information content (AvgIpc) is 2.31. The smallest absolute Gasteiger partial charge is 0.326 e. The van der Waals surface area contributed by atoms with Crippen molar-refractivity contribution in [1.29, 1.82) is 0 Å². The second-order valence-electron chi connectivity index (χ2n) is 4.53. The Kier molecular flexibility index (Phi) is 5.87. The van der Waals surface area contributed by atoms with E-state index >= 15 is 0 Å². The SMILES string of the molecule is O=C(NC1CCC(O)CC1)NC(CCO)C(=O)O. The van der Waals surface area contributed by atoms with Crippen LogP contribution in [0.1, 0.15) is 32.1 Å². The van der Waals surface area contributed by atoms with Crippen molar-refractivity contribution >= 4 is 12.0 Å². The summed E-state index contributed by atoms with van der Waals surface area (Å²) in [4.78, 5) is 22.3. The lowest BCUT2D eigenvalue weighted by Gasteiger charge is -2.26. The number of hydrogen-bond donors (Lipinski definition) is 5. The molecule has 1 aliphatic carbocycles. The van der Waals surface area contributed by atoms with Crippen LogP contribution in [0.3, 0.4) is 0 Å². The number of aliphatic hydroxyl groups is 2. The highest BCUT2D eigenvalue weighted by Crippen LogP contribution is 2.18. The third-order valence-electron chi connectivity index (χ3n) is 3.05. The molecule has 1 unspecified atom stereocenters. The first-order valence-corrected chi connectivity index (χ1v) is 6.11. The molecule has 0 aromatic carbocycles. The zero-order valence-corrected chi connectivity index (χ0v) is 10.1. The van der Waals surface area contributed by atoms with Gasteiger partial charge in [0.1, 0.15) is 6.04 Å². The highest BCUT2D eigenvalue weighted by Gasteiger charge is 2.23. The van der Waals surface area contributed by atoms with Crippen LogP contribution in [0.25, 0.3) is 0 Å². The van der Waals surface area contributed by atoms with Gasteiger partial charge >= 0.3 is 12.0 Å². The van der Waals surface area contributed by atoms with Crippen molar-refractivity contribution in [3.8, 4) is 0 Å². The first-order valence-electron chi connectivity index (χ1n) is 6.11. The fourth-order valence-corrected chi connectivity index (χ4v) is 1.99. The molecule has 0 heterocycles. The van der Waals surface area contributed by atoms with Gasteiger partial charge in [-0.1, -0.05) is 0 Å². The number of nitrogens with one attached hydrogen (secondary N) is 2. The number of urea groups is 1. The molecule has 1 rings (SSSR count). The molecule has 0 aliphatic heterocycles. The number of aliphatic hydroxyl groups excluding tert-OH is 2. The maximum atomic E-state index is 11.6. The van der Waals surface area contributed by atoms with Crippen LogP contribution >= 0.6 is 0 Å². The van der Waals surface area contributed by atoms with Gasteiger partial charge in [-0.3, -0.25) is 0 Å².